The lowest BCUT2D eigenvalue weighted by Crippen LogP contribution is -2.43. The quantitative estimate of drug-likeness (QED) is 0.850. The Kier molecular flexibility index (Phi) is 6.20. The van der Waals surface area contributed by atoms with Crippen LogP contribution < -0.4 is 5.32 Å². The molecule has 0 aromatic heterocycles. The molecule has 1 aliphatic rings. The molecule has 1 fully saturated rings. The van der Waals surface area contributed by atoms with E-state index < -0.39 is 17.9 Å². The molecule has 1 heterocycles. The molecule has 0 radical (unpaired) electrons. The van der Waals surface area contributed by atoms with Crippen molar-refractivity contribution in [3.63, 3.8) is 0 Å². The first kappa shape index (κ1) is 18.3. The summed E-state index contributed by atoms with van der Waals surface area (Å²) in [5.41, 5.74) is 0.787. The molecule has 0 saturated carbocycles. The van der Waals surface area contributed by atoms with E-state index in [2.05, 4.69) is 5.32 Å². The van der Waals surface area contributed by atoms with Gasteiger partial charge in [0.25, 0.3) is 0 Å². The number of piperidine rings is 1. The SMILES string of the molecule is CC(=O)N[C@H](CC(=O)N1CCC[C@H](C(=O)O)C1)c1ccc(Cl)cc1. The van der Waals surface area contributed by atoms with Gasteiger partial charge in [-0.2, -0.15) is 0 Å². The predicted molar refractivity (Wildman–Crippen MR) is 89.6 cm³/mol. The van der Waals surface area contributed by atoms with E-state index in [1.807, 2.05) is 0 Å². The first-order valence-electron chi connectivity index (χ1n) is 7.90. The van der Waals surface area contributed by atoms with Crippen molar-refractivity contribution in [2.75, 3.05) is 13.1 Å². The Hall–Kier alpha value is -2.08. The van der Waals surface area contributed by atoms with E-state index in [-0.39, 0.29) is 24.8 Å². The van der Waals surface area contributed by atoms with E-state index in [9.17, 15) is 14.4 Å². The molecule has 24 heavy (non-hydrogen) atoms. The summed E-state index contributed by atoms with van der Waals surface area (Å²) in [6.07, 6.45) is 1.35. The summed E-state index contributed by atoms with van der Waals surface area (Å²) in [5.74, 6) is -1.78. The normalized spacial score (nSPS) is 18.8. The zero-order valence-electron chi connectivity index (χ0n) is 13.5. The lowest BCUT2D eigenvalue weighted by molar-refractivity contribution is -0.145. The van der Waals surface area contributed by atoms with Crippen molar-refractivity contribution in [1.29, 1.82) is 0 Å². The minimum atomic E-state index is -0.872. The lowest BCUT2D eigenvalue weighted by Gasteiger charge is -2.32. The summed E-state index contributed by atoms with van der Waals surface area (Å²) in [6.45, 7) is 2.17. The minimum Gasteiger partial charge on any atom is -0.481 e. The first-order valence-corrected chi connectivity index (χ1v) is 8.27. The molecule has 1 aliphatic heterocycles. The third-order valence-electron chi connectivity index (χ3n) is 4.15. The van der Waals surface area contributed by atoms with Gasteiger partial charge in [-0.1, -0.05) is 23.7 Å². The van der Waals surface area contributed by atoms with Crippen LogP contribution >= 0.6 is 11.6 Å². The van der Waals surface area contributed by atoms with Gasteiger partial charge in [0, 0.05) is 25.0 Å². The third-order valence-corrected chi connectivity index (χ3v) is 4.40. The number of benzene rings is 1. The number of carbonyl (C=O) groups is 3. The molecule has 130 valence electrons. The van der Waals surface area contributed by atoms with E-state index in [1.165, 1.54) is 6.92 Å². The molecule has 1 saturated heterocycles. The summed E-state index contributed by atoms with van der Waals surface area (Å²) < 4.78 is 0. The summed E-state index contributed by atoms with van der Waals surface area (Å²) >= 11 is 5.88. The van der Waals surface area contributed by atoms with Gasteiger partial charge >= 0.3 is 5.97 Å². The van der Waals surface area contributed by atoms with E-state index in [0.29, 0.717) is 24.4 Å². The molecule has 0 bridgehead atoms. The molecule has 6 nitrogen and oxygen atoms in total. The molecule has 2 atom stereocenters. The van der Waals surface area contributed by atoms with Gasteiger partial charge in [0.2, 0.25) is 11.8 Å². The molecular formula is C17H21ClN2O4. The second kappa shape index (κ2) is 8.15. The van der Waals surface area contributed by atoms with Crippen LogP contribution in [0.2, 0.25) is 5.02 Å². The Morgan fingerprint density at radius 1 is 1.33 bits per heavy atom. The second-order valence-electron chi connectivity index (χ2n) is 6.03. The van der Waals surface area contributed by atoms with Gasteiger partial charge in [-0.25, -0.2) is 0 Å². The number of carbonyl (C=O) groups excluding carboxylic acids is 2. The first-order chi connectivity index (χ1) is 11.4. The molecule has 1 aromatic carbocycles. The molecule has 2 N–H and O–H groups in total. The molecule has 0 spiro atoms. The van der Waals surface area contributed by atoms with Crippen LogP contribution in [0.25, 0.3) is 0 Å². The van der Waals surface area contributed by atoms with Crippen molar-refractivity contribution in [1.82, 2.24) is 10.2 Å². The second-order valence-corrected chi connectivity index (χ2v) is 6.46. The maximum absolute atomic E-state index is 12.6. The van der Waals surface area contributed by atoms with Crippen LogP contribution in [-0.2, 0) is 14.4 Å². The average molecular weight is 353 g/mol. The van der Waals surface area contributed by atoms with Gasteiger partial charge in [0.15, 0.2) is 0 Å². The van der Waals surface area contributed by atoms with Crippen LogP contribution in [0.1, 0.15) is 37.8 Å². The highest BCUT2D eigenvalue weighted by Gasteiger charge is 2.29. The molecule has 1 aromatic rings. The number of likely N-dealkylation sites (tertiary alicyclic amines) is 1. The largest absolute Gasteiger partial charge is 0.481 e. The van der Waals surface area contributed by atoms with Gasteiger partial charge < -0.3 is 15.3 Å². The Balaban J connectivity index is 2.08. The highest BCUT2D eigenvalue weighted by molar-refractivity contribution is 6.30. The number of amides is 2. The Bertz CT molecular complexity index is 618. The van der Waals surface area contributed by atoms with Crippen LogP contribution in [0.4, 0.5) is 0 Å². The van der Waals surface area contributed by atoms with Crippen molar-refractivity contribution >= 4 is 29.4 Å². The predicted octanol–water partition coefficient (Wildman–Crippen LogP) is 2.23. The Morgan fingerprint density at radius 2 is 2.00 bits per heavy atom. The van der Waals surface area contributed by atoms with Crippen molar-refractivity contribution in [2.45, 2.75) is 32.2 Å². The topological polar surface area (TPSA) is 86.7 Å². The maximum Gasteiger partial charge on any atom is 0.308 e. The van der Waals surface area contributed by atoms with Gasteiger partial charge in [-0.05, 0) is 30.5 Å². The zero-order valence-corrected chi connectivity index (χ0v) is 14.3. The van der Waals surface area contributed by atoms with Crippen molar-refractivity contribution in [3.8, 4) is 0 Å². The number of halogens is 1. The van der Waals surface area contributed by atoms with Crippen molar-refractivity contribution in [2.24, 2.45) is 5.92 Å². The third kappa shape index (κ3) is 4.96. The van der Waals surface area contributed by atoms with Crippen molar-refractivity contribution in [3.05, 3.63) is 34.9 Å². The van der Waals surface area contributed by atoms with Crippen LogP contribution in [-0.4, -0.2) is 40.9 Å². The summed E-state index contributed by atoms with van der Waals surface area (Å²) in [4.78, 5) is 36.7. The number of rotatable bonds is 5. The number of hydrogen-bond acceptors (Lipinski definition) is 3. The number of hydrogen-bond donors (Lipinski definition) is 2. The maximum atomic E-state index is 12.6. The molecular weight excluding hydrogens is 332 g/mol. The van der Waals surface area contributed by atoms with E-state index in [4.69, 9.17) is 16.7 Å². The fraction of sp³-hybridized carbons (Fsp3) is 0.471. The van der Waals surface area contributed by atoms with Gasteiger partial charge in [-0.15, -0.1) is 0 Å². The summed E-state index contributed by atoms with van der Waals surface area (Å²) in [6, 6.07) is 6.49. The van der Waals surface area contributed by atoms with E-state index in [0.717, 1.165) is 5.56 Å². The fourth-order valence-electron chi connectivity index (χ4n) is 2.90. The van der Waals surface area contributed by atoms with Crippen LogP contribution in [0.5, 0.6) is 0 Å². The van der Waals surface area contributed by atoms with Crippen molar-refractivity contribution < 1.29 is 19.5 Å². The molecule has 2 rings (SSSR count). The number of nitrogens with zero attached hydrogens (tertiary/aromatic N) is 1. The van der Waals surface area contributed by atoms with Crippen LogP contribution in [0, 0.1) is 5.92 Å². The van der Waals surface area contributed by atoms with Crippen LogP contribution in [0.3, 0.4) is 0 Å². The smallest absolute Gasteiger partial charge is 0.308 e. The van der Waals surface area contributed by atoms with Gasteiger partial charge in [0.1, 0.15) is 0 Å². The number of aliphatic carboxylic acids is 1. The average Bonchev–Trinajstić information content (AvgIpc) is 2.54. The highest BCUT2D eigenvalue weighted by Crippen LogP contribution is 2.23. The summed E-state index contributed by atoms with van der Waals surface area (Å²) in [5, 5.41) is 12.5. The van der Waals surface area contributed by atoms with E-state index in [1.54, 1.807) is 29.2 Å². The molecule has 2 amide bonds. The van der Waals surface area contributed by atoms with Gasteiger partial charge in [-0.3, -0.25) is 14.4 Å². The summed E-state index contributed by atoms with van der Waals surface area (Å²) in [7, 11) is 0. The minimum absolute atomic E-state index is 0.0908. The Labute approximate surface area is 145 Å². The van der Waals surface area contributed by atoms with Crippen LogP contribution in [0.15, 0.2) is 24.3 Å². The fourth-order valence-corrected chi connectivity index (χ4v) is 3.03. The van der Waals surface area contributed by atoms with Gasteiger partial charge in [0.05, 0.1) is 18.4 Å². The van der Waals surface area contributed by atoms with E-state index >= 15 is 0 Å². The molecule has 7 heteroatoms. The zero-order chi connectivity index (χ0) is 17.7. The monoisotopic (exact) mass is 352 g/mol. The molecule has 0 aliphatic carbocycles. The highest BCUT2D eigenvalue weighted by atomic mass is 35.5. The number of carboxylic acids is 1. The Morgan fingerprint density at radius 3 is 2.58 bits per heavy atom. The standard InChI is InChI=1S/C17H21ClN2O4/c1-11(21)19-15(12-4-6-14(18)7-5-12)9-16(22)20-8-2-3-13(10-20)17(23)24/h4-7,13,15H,2-3,8-10H2,1H3,(H,19,21)(H,23,24)/t13-,15+/m0/s1. The number of carboxylic acid groups (broad SMARTS) is 1. The lowest BCUT2D eigenvalue weighted by atomic mass is 9.97. The molecule has 0 unspecified atom stereocenters. The number of nitrogens with one attached hydrogen (secondary N) is 1.